The summed E-state index contributed by atoms with van der Waals surface area (Å²) in [6, 6.07) is 14.3. The van der Waals surface area contributed by atoms with Gasteiger partial charge in [0.2, 0.25) is 0 Å². The SMILES string of the molecule is COc1ccc(C(=O)C(OC)c2ccc(OC)cc2)cc1. The van der Waals surface area contributed by atoms with Crippen molar-refractivity contribution in [3.8, 4) is 11.5 Å². The summed E-state index contributed by atoms with van der Waals surface area (Å²) in [6.45, 7) is 0. The summed E-state index contributed by atoms with van der Waals surface area (Å²) in [6.07, 6.45) is -0.635. The van der Waals surface area contributed by atoms with Crippen LogP contribution in [0.5, 0.6) is 11.5 Å². The molecule has 1 unspecified atom stereocenters. The molecule has 0 bridgehead atoms. The number of ketones is 1. The monoisotopic (exact) mass is 286 g/mol. The highest BCUT2D eigenvalue weighted by atomic mass is 16.5. The summed E-state index contributed by atoms with van der Waals surface area (Å²) < 4.78 is 15.6. The number of benzene rings is 2. The average Bonchev–Trinajstić information content (AvgIpc) is 2.56. The van der Waals surface area contributed by atoms with Crippen LogP contribution in [-0.4, -0.2) is 27.1 Å². The minimum absolute atomic E-state index is 0.0923. The topological polar surface area (TPSA) is 44.8 Å². The number of hydrogen-bond acceptors (Lipinski definition) is 4. The Bertz CT molecular complexity index is 587. The molecule has 0 spiro atoms. The number of Topliss-reactive ketones (excluding diaryl/α,β-unsaturated/α-hetero) is 1. The molecule has 0 aliphatic rings. The van der Waals surface area contributed by atoms with Gasteiger partial charge in [-0.15, -0.1) is 0 Å². The maximum Gasteiger partial charge on any atom is 0.196 e. The largest absolute Gasteiger partial charge is 0.497 e. The van der Waals surface area contributed by atoms with Gasteiger partial charge in [0.25, 0.3) is 0 Å². The second-order valence-corrected chi connectivity index (χ2v) is 4.48. The van der Waals surface area contributed by atoms with Gasteiger partial charge >= 0.3 is 0 Å². The van der Waals surface area contributed by atoms with E-state index in [0.29, 0.717) is 11.3 Å². The summed E-state index contributed by atoms with van der Waals surface area (Å²) >= 11 is 0. The predicted molar refractivity (Wildman–Crippen MR) is 80.1 cm³/mol. The van der Waals surface area contributed by atoms with Crippen molar-refractivity contribution in [2.45, 2.75) is 6.10 Å². The highest BCUT2D eigenvalue weighted by Crippen LogP contribution is 2.24. The van der Waals surface area contributed by atoms with E-state index >= 15 is 0 Å². The number of ether oxygens (including phenoxy) is 3. The molecule has 0 aromatic heterocycles. The van der Waals surface area contributed by atoms with Gasteiger partial charge in [-0.3, -0.25) is 4.79 Å². The number of hydrogen-bond donors (Lipinski definition) is 0. The van der Waals surface area contributed by atoms with Crippen molar-refractivity contribution >= 4 is 5.78 Å². The van der Waals surface area contributed by atoms with E-state index in [4.69, 9.17) is 14.2 Å². The molecular weight excluding hydrogens is 268 g/mol. The lowest BCUT2D eigenvalue weighted by atomic mass is 9.99. The predicted octanol–water partition coefficient (Wildman–Crippen LogP) is 3.27. The van der Waals surface area contributed by atoms with E-state index in [9.17, 15) is 4.79 Å². The molecule has 4 nitrogen and oxygen atoms in total. The van der Waals surface area contributed by atoms with E-state index in [1.807, 2.05) is 24.3 Å². The van der Waals surface area contributed by atoms with Crippen molar-refractivity contribution in [3.63, 3.8) is 0 Å². The zero-order valence-electron chi connectivity index (χ0n) is 12.3. The van der Waals surface area contributed by atoms with Crippen LogP contribution < -0.4 is 9.47 Å². The molecule has 0 aliphatic heterocycles. The molecule has 0 heterocycles. The quantitative estimate of drug-likeness (QED) is 0.764. The van der Waals surface area contributed by atoms with Gasteiger partial charge in [0.05, 0.1) is 14.2 Å². The van der Waals surface area contributed by atoms with Crippen LogP contribution in [0.2, 0.25) is 0 Å². The van der Waals surface area contributed by atoms with Gasteiger partial charge in [0.15, 0.2) is 5.78 Å². The van der Waals surface area contributed by atoms with Crippen LogP contribution in [0.1, 0.15) is 22.0 Å². The highest BCUT2D eigenvalue weighted by molar-refractivity contribution is 6.00. The molecule has 0 saturated heterocycles. The number of rotatable bonds is 6. The third kappa shape index (κ3) is 3.41. The molecule has 0 fully saturated rings. The third-order valence-corrected chi connectivity index (χ3v) is 3.27. The first-order valence-corrected chi connectivity index (χ1v) is 6.54. The van der Waals surface area contributed by atoms with E-state index in [2.05, 4.69) is 0 Å². The Hall–Kier alpha value is -2.33. The number of carbonyl (C=O) groups is 1. The van der Waals surface area contributed by atoms with Crippen LogP contribution >= 0.6 is 0 Å². The van der Waals surface area contributed by atoms with Gasteiger partial charge in [-0.2, -0.15) is 0 Å². The molecule has 0 radical (unpaired) electrons. The molecule has 0 amide bonds. The minimum atomic E-state index is -0.635. The fraction of sp³-hybridized carbons (Fsp3) is 0.235. The molecule has 0 N–H and O–H groups in total. The van der Waals surface area contributed by atoms with Crippen LogP contribution in [0.25, 0.3) is 0 Å². The van der Waals surface area contributed by atoms with Crippen LogP contribution in [0.4, 0.5) is 0 Å². The van der Waals surface area contributed by atoms with Crippen molar-refractivity contribution in [1.29, 1.82) is 0 Å². The number of carbonyl (C=O) groups excluding carboxylic acids is 1. The molecule has 1 atom stereocenters. The van der Waals surface area contributed by atoms with Crippen molar-refractivity contribution in [1.82, 2.24) is 0 Å². The van der Waals surface area contributed by atoms with Gasteiger partial charge in [-0.05, 0) is 42.0 Å². The lowest BCUT2D eigenvalue weighted by molar-refractivity contribution is 0.0604. The fourth-order valence-electron chi connectivity index (χ4n) is 2.08. The second-order valence-electron chi connectivity index (χ2n) is 4.48. The van der Waals surface area contributed by atoms with E-state index in [1.165, 1.54) is 7.11 Å². The average molecular weight is 286 g/mol. The molecule has 2 aromatic carbocycles. The Morgan fingerprint density at radius 3 is 1.71 bits per heavy atom. The first-order valence-electron chi connectivity index (χ1n) is 6.54. The molecule has 2 aromatic rings. The smallest absolute Gasteiger partial charge is 0.196 e. The van der Waals surface area contributed by atoms with Crippen LogP contribution in [-0.2, 0) is 4.74 Å². The van der Waals surface area contributed by atoms with Crippen LogP contribution in [0.15, 0.2) is 48.5 Å². The first kappa shape index (κ1) is 15.1. The minimum Gasteiger partial charge on any atom is -0.497 e. The van der Waals surface area contributed by atoms with E-state index in [0.717, 1.165) is 11.3 Å². The Labute approximate surface area is 124 Å². The van der Waals surface area contributed by atoms with Crippen molar-refractivity contribution in [2.75, 3.05) is 21.3 Å². The lowest BCUT2D eigenvalue weighted by Crippen LogP contribution is -2.14. The normalized spacial score (nSPS) is 11.8. The molecular formula is C17H18O4. The first-order chi connectivity index (χ1) is 10.2. The Balaban J connectivity index is 2.24. The van der Waals surface area contributed by atoms with Crippen molar-refractivity contribution < 1.29 is 19.0 Å². The highest BCUT2D eigenvalue weighted by Gasteiger charge is 2.21. The van der Waals surface area contributed by atoms with E-state index in [1.54, 1.807) is 38.5 Å². The van der Waals surface area contributed by atoms with Crippen LogP contribution in [0.3, 0.4) is 0 Å². The van der Waals surface area contributed by atoms with Gasteiger partial charge < -0.3 is 14.2 Å². The Kier molecular flexibility index (Phi) is 4.95. The maximum atomic E-state index is 12.5. The number of methoxy groups -OCH3 is 3. The summed E-state index contributed by atoms with van der Waals surface area (Å²) in [5.74, 6) is 1.36. The summed E-state index contributed by atoms with van der Waals surface area (Å²) in [5.41, 5.74) is 1.37. The second kappa shape index (κ2) is 6.90. The Morgan fingerprint density at radius 1 is 0.810 bits per heavy atom. The third-order valence-electron chi connectivity index (χ3n) is 3.27. The van der Waals surface area contributed by atoms with E-state index < -0.39 is 6.10 Å². The van der Waals surface area contributed by atoms with Crippen LogP contribution in [0, 0.1) is 0 Å². The van der Waals surface area contributed by atoms with E-state index in [-0.39, 0.29) is 5.78 Å². The van der Waals surface area contributed by atoms with Gasteiger partial charge in [-0.1, -0.05) is 12.1 Å². The molecule has 2 rings (SSSR count). The van der Waals surface area contributed by atoms with Crippen molar-refractivity contribution in [3.05, 3.63) is 59.7 Å². The zero-order valence-corrected chi connectivity index (χ0v) is 12.3. The molecule has 21 heavy (non-hydrogen) atoms. The summed E-state index contributed by atoms with van der Waals surface area (Å²) in [5, 5.41) is 0. The van der Waals surface area contributed by atoms with Gasteiger partial charge in [0, 0.05) is 12.7 Å². The Morgan fingerprint density at radius 2 is 1.29 bits per heavy atom. The lowest BCUT2D eigenvalue weighted by Gasteiger charge is -2.15. The molecule has 4 heteroatoms. The summed E-state index contributed by atoms with van der Waals surface area (Å²) in [4.78, 5) is 12.5. The zero-order chi connectivity index (χ0) is 15.2. The molecule has 0 aliphatic carbocycles. The van der Waals surface area contributed by atoms with Gasteiger partial charge in [0.1, 0.15) is 17.6 Å². The fourth-order valence-corrected chi connectivity index (χ4v) is 2.08. The summed E-state index contributed by atoms with van der Waals surface area (Å²) in [7, 11) is 4.72. The maximum absolute atomic E-state index is 12.5. The standard InChI is InChI=1S/C17H18O4/c1-19-14-8-4-12(5-9-14)16(18)17(21-3)13-6-10-15(20-2)11-7-13/h4-11,17H,1-3H3. The molecule has 110 valence electrons. The molecule has 0 saturated carbocycles. The van der Waals surface area contributed by atoms with Crippen molar-refractivity contribution in [2.24, 2.45) is 0 Å². The van der Waals surface area contributed by atoms with Gasteiger partial charge in [-0.25, -0.2) is 0 Å².